The summed E-state index contributed by atoms with van der Waals surface area (Å²) in [4.78, 5) is 23.1. The highest BCUT2D eigenvalue weighted by atomic mass is 35.5. The highest BCUT2D eigenvalue weighted by Crippen LogP contribution is 2.25. The summed E-state index contributed by atoms with van der Waals surface area (Å²) in [5, 5.41) is 6.33. The smallest absolute Gasteiger partial charge is 0.326 e. The van der Waals surface area contributed by atoms with Crippen LogP contribution in [0.5, 0.6) is 0 Å². The molecule has 2 N–H and O–H groups in total. The van der Waals surface area contributed by atoms with Crippen LogP contribution in [0.15, 0.2) is 32.5 Å². The predicted molar refractivity (Wildman–Crippen MR) is 80.9 cm³/mol. The van der Waals surface area contributed by atoms with Crippen LogP contribution in [0, 0.1) is 0 Å². The van der Waals surface area contributed by atoms with Crippen LogP contribution in [0.1, 0.15) is 6.42 Å². The number of halogens is 2. The fourth-order valence-corrected chi connectivity index (χ4v) is 2.69. The Morgan fingerprint density at radius 2 is 2.19 bits per heavy atom. The van der Waals surface area contributed by atoms with Gasteiger partial charge in [0.05, 0.1) is 10.0 Å². The summed E-state index contributed by atoms with van der Waals surface area (Å²) in [7, 11) is 1.66. The highest BCUT2D eigenvalue weighted by Gasteiger charge is 2.18. The molecule has 1 amide bonds. The number of thioether (sulfide) groups is 1. The van der Waals surface area contributed by atoms with Crippen molar-refractivity contribution in [2.45, 2.75) is 11.4 Å². The summed E-state index contributed by atoms with van der Waals surface area (Å²) in [6.07, 6.45) is 0.246. The Kier molecular flexibility index (Phi) is 5.33. The monoisotopic (exact) mass is 348 g/mol. The van der Waals surface area contributed by atoms with Gasteiger partial charge in [0, 0.05) is 17.9 Å². The van der Waals surface area contributed by atoms with E-state index >= 15 is 0 Å². The average molecular weight is 349 g/mol. The Hall–Kier alpha value is -1.44. The number of anilines is 1. The molecule has 9 heteroatoms. The van der Waals surface area contributed by atoms with E-state index in [0.717, 1.165) is 0 Å². The van der Waals surface area contributed by atoms with Gasteiger partial charge in [0.25, 0.3) is 0 Å². The number of nitrogens with zero attached hydrogens (tertiary/aromatic N) is 1. The summed E-state index contributed by atoms with van der Waals surface area (Å²) >= 11 is 12.9. The molecule has 0 spiro atoms. The van der Waals surface area contributed by atoms with Gasteiger partial charge in [-0.1, -0.05) is 27.9 Å². The van der Waals surface area contributed by atoms with E-state index in [4.69, 9.17) is 23.2 Å². The number of aromatic nitrogens is 2. The summed E-state index contributed by atoms with van der Waals surface area (Å²) in [5.74, 6) is 0.271. The fourth-order valence-electron chi connectivity index (χ4n) is 1.53. The Balaban J connectivity index is 1.85. The molecule has 0 aliphatic carbocycles. The zero-order valence-corrected chi connectivity index (χ0v) is 13.3. The van der Waals surface area contributed by atoms with Gasteiger partial charge in [-0.05, 0) is 35.2 Å². The third kappa shape index (κ3) is 4.26. The molecule has 1 aromatic heterocycles. The normalized spacial score (nSPS) is 10.6. The van der Waals surface area contributed by atoms with Crippen LogP contribution >= 0.6 is 35.0 Å². The number of carbonyl (C=O) groups is 1. The molecule has 0 atom stereocenters. The van der Waals surface area contributed by atoms with Crippen LogP contribution in [0.2, 0.25) is 10.0 Å². The minimum Gasteiger partial charge on any atom is -0.326 e. The summed E-state index contributed by atoms with van der Waals surface area (Å²) in [6.45, 7) is 0. The lowest BCUT2D eigenvalue weighted by atomic mass is 10.3. The second-order valence-corrected chi connectivity index (χ2v) is 6.02. The molecule has 1 heterocycles. The SMILES string of the molecule is C[n+]1[nH]oc(=O)c1SCCC(=O)Nc1ccc(Cl)c(Cl)c1. The molecular formula is C12H12Cl2N3O3S+. The van der Waals surface area contributed by atoms with Crippen LogP contribution < -0.4 is 15.6 Å². The van der Waals surface area contributed by atoms with Gasteiger partial charge in [-0.15, -0.1) is 0 Å². The van der Waals surface area contributed by atoms with Crippen molar-refractivity contribution in [1.82, 2.24) is 5.27 Å². The third-order valence-electron chi connectivity index (χ3n) is 2.53. The molecule has 1 aromatic carbocycles. The van der Waals surface area contributed by atoms with Crippen molar-refractivity contribution in [3.8, 4) is 0 Å². The van der Waals surface area contributed by atoms with Gasteiger partial charge in [-0.2, -0.15) is 0 Å². The molecule has 0 aliphatic heterocycles. The lowest BCUT2D eigenvalue weighted by molar-refractivity contribution is -0.772. The van der Waals surface area contributed by atoms with Crippen LogP contribution in [-0.2, 0) is 11.8 Å². The number of benzene rings is 1. The number of H-pyrrole nitrogens is 1. The number of aryl methyl sites for hydroxylation is 1. The zero-order chi connectivity index (χ0) is 15.4. The topological polar surface area (TPSA) is 79.0 Å². The van der Waals surface area contributed by atoms with Gasteiger partial charge in [0.1, 0.15) is 0 Å². The van der Waals surface area contributed by atoms with Gasteiger partial charge in [0.15, 0.2) is 7.05 Å². The fraction of sp³-hybridized carbons (Fsp3) is 0.250. The maximum Gasteiger partial charge on any atom is 0.441 e. The second-order valence-electron chi connectivity index (χ2n) is 4.12. The van der Waals surface area contributed by atoms with Crippen molar-refractivity contribution in [3.05, 3.63) is 38.7 Å². The lowest BCUT2D eigenvalue weighted by Crippen LogP contribution is -2.33. The molecule has 0 fully saturated rings. The maximum absolute atomic E-state index is 11.8. The summed E-state index contributed by atoms with van der Waals surface area (Å²) < 4.78 is 6.07. The standard InChI is InChI=1S/C12H11Cl2N3O3S/c1-17-11(12(19)20-16-17)21-5-4-10(18)15-7-2-3-8(13)9(14)6-7/h2-3,6H,4-5H2,1H3,(H-,15,16,18,19)/p+1. The quantitative estimate of drug-likeness (QED) is 0.641. The molecule has 0 unspecified atom stereocenters. The van der Waals surface area contributed by atoms with E-state index in [1.165, 1.54) is 16.4 Å². The molecule has 0 radical (unpaired) electrons. The van der Waals surface area contributed by atoms with Crippen molar-refractivity contribution < 1.29 is 14.0 Å². The number of amides is 1. The van der Waals surface area contributed by atoms with Gasteiger partial charge in [0.2, 0.25) is 5.91 Å². The minimum absolute atomic E-state index is 0.177. The predicted octanol–water partition coefficient (Wildman–Crippen LogP) is 2.22. The first-order chi connectivity index (χ1) is 9.97. The molecule has 2 aromatic rings. The molecule has 21 heavy (non-hydrogen) atoms. The van der Waals surface area contributed by atoms with Crippen molar-refractivity contribution in [2.75, 3.05) is 11.1 Å². The van der Waals surface area contributed by atoms with Crippen LogP contribution in [0.25, 0.3) is 0 Å². The number of hydrogen-bond acceptors (Lipinski definition) is 4. The summed E-state index contributed by atoms with van der Waals surface area (Å²) in [6, 6.07) is 4.86. The van der Waals surface area contributed by atoms with E-state index in [1.807, 2.05) is 0 Å². The number of hydrogen-bond donors (Lipinski definition) is 2. The third-order valence-corrected chi connectivity index (χ3v) is 4.39. The molecule has 0 aliphatic rings. The van der Waals surface area contributed by atoms with Gasteiger partial charge in [-0.3, -0.25) is 9.32 Å². The van der Waals surface area contributed by atoms with E-state index < -0.39 is 5.63 Å². The minimum atomic E-state index is -0.451. The molecule has 112 valence electrons. The first-order valence-corrected chi connectivity index (χ1v) is 7.66. The van der Waals surface area contributed by atoms with Gasteiger partial charge in [-0.25, -0.2) is 4.79 Å². The second kappa shape index (κ2) is 7.02. The first-order valence-electron chi connectivity index (χ1n) is 5.92. The Labute approximate surface area is 134 Å². The molecule has 0 bridgehead atoms. The van der Waals surface area contributed by atoms with E-state index in [1.54, 1.807) is 25.2 Å². The summed E-state index contributed by atoms with van der Waals surface area (Å²) in [5.41, 5.74) is 0.124. The molecular weight excluding hydrogens is 337 g/mol. The molecule has 0 saturated carbocycles. The van der Waals surface area contributed by atoms with Gasteiger partial charge >= 0.3 is 10.7 Å². The number of carbonyl (C=O) groups excluding carboxylic acids is 1. The van der Waals surface area contributed by atoms with Crippen LogP contribution in [0.3, 0.4) is 0 Å². The average Bonchev–Trinajstić information content (AvgIpc) is 2.74. The van der Waals surface area contributed by atoms with E-state index in [2.05, 4.69) is 15.1 Å². The Bertz CT molecular complexity index is 714. The highest BCUT2D eigenvalue weighted by molar-refractivity contribution is 7.99. The Morgan fingerprint density at radius 3 is 2.81 bits per heavy atom. The molecule has 2 rings (SSSR count). The Morgan fingerprint density at radius 1 is 1.43 bits per heavy atom. The number of aromatic amines is 1. The molecule has 6 nitrogen and oxygen atoms in total. The molecule has 0 saturated heterocycles. The lowest BCUT2D eigenvalue weighted by Gasteiger charge is -2.05. The van der Waals surface area contributed by atoms with Crippen LogP contribution in [-0.4, -0.2) is 16.9 Å². The van der Waals surface area contributed by atoms with E-state index in [0.29, 0.717) is 26.5 Å². The zero-order valence-electron chi connectivity index (χ0n) is 11.0. The number of nitrogens with one attached hydrogen (secondary N) is 2. The van der Waals surface area contributed by atoms with Crippen molar-refractivity contribution in [1.29, 1.82) is 0 Å². The maximum atomic E-state index is 11.8. The first kappa shape index (κ1) is 15.9. The van der Waals surface area contributed by atoms with Crippen molar-refractivity contribution in [3.63, 3.8) is 0 Å². The van der Waals surface area contributed by atoms with Crippen LogP contribution in [0.4, 0.5) is 5.69 Å². The van der Waals surface area contributed by atoms with Crippen molar-refractivity contribution >= 4 is 46.6 Å². The number of rotatable bonds is 5. The largest absolute Gasteiger partial charge is 0.441 e. The van der Waals surface area contributed by atoms with Gasteiger partial charge < -0.3 is 5.32 Å². The van der Waals surface area contributed by atoms with Crippen molar-refractivity contribution in [2.24, 2.45) is 7.05 Å². The van der Waals surface area contributed by atoms with E-state index in [9.17, 15) is 9.59 Å². The van der Waals surface area contributed by atoms with E-state index in [-0.39, 0.29) is 12.3 Å².